The maximum atomic E-state index is 12.7. The summed E-state index contributed by atoms with van der Waals surface area (Å²) in [6, 6.07) is 8.73. The van der Waals surface area contributed by atoms with Gasteiger partial charge in [0.25, 0.3) is 5.91 Å². The van der Waals surface area contributed by atoms with Crippen LogP contribution < -0.4 is 10.4 Å². The van der Waals surface area contributed by atoms with Gasteiger partial charge in [-0.1, -0.05) is 0 Å². The van der Waals surface area contributed by atoms with Gasteiger partial charge in [0.15, 0.2) is 5.76 Å². The number of rotatable bonds is 2. The molecule has 122 valence electrons. The van der Waals surface area contributed by atoms with Gasteiger partial charge in [-0.3, -0.25) is 4.79 Å². The lowest BCUT2D eigenvalue weighted by molar-refractivity contribution is 0.0699. The van der Waals surface area contributed by atoms with Crippen molar-refractivity contribution >= 4 is 28.0 Å². The summed E-state index contributed by atoms with van der Waals surface area (Å²) in [6.45, 7) is 1.18. The number of thiophene rings is 1. The number of carbonyl (C=O) groups is 1. The monoisotopic (exact) mass is 341 g/mol. The van der Waals surface area contributed by atoms with E-state index < -0.39 is 5.63 Å². The molecule has 0 N–H and O–H groups in total. The Morgan fingerprint density at radius 3 is 3.00 bits per heavy atom. The fourth-order valence-corrected chi connectivity index (χ4v) is 3.87. The molecular weight excluding hydrogens is 326 g/mol. The van der Waals surface area contributed by atoms with E-state index in [-0.39, 0.29) is 11.7 Å². The molecule has 6 heteroatoms. The van der Waals surface area contributed by atoms with Crippen molar-refractivity contribution in [2.24, 2.45) is 0 Å². The van der Waals surface area contributed by atoms with Gasteiger partial charge in [0.2, 0.25) is 0 Å². The minimum absolute atomic E-state index is 0.0689. The fraction of sp³-hybridized carbons (Fsp3) is 0.222. The highest BCUT2D eigenvalue weighted by Gasteiger charge is 2.24. The lowest BCUT2D eigenvalue weighted by Gasteiger charge is -2.26. The molecule has 24 heavy (non-hydrogen) atoms. The molecule has 0 saturated carbocycles. The van der Waals surface area contributed by atoms with E-state index in [1.165, 1.54) is 10.4 Å². The number of ether oxygens (including phenoxy) is 1. The van der Waals surface area contributed by atoms with E-state index in [1.807, 2.05) is 11.4 Å². The molecule has 1 aliphatic heterocycles. The molecule has 0 aliphatic carbocycles. The first kappa shape index (κ1) is 15.0. The first-order chi connectivity index (χ1) is 11.7. The average Bonchev–Trinajstić information content (AvgIpc) is 3.08. The van der Waals surface area contributed by atoms with E-state index in [9.17, 15) is 9.59 Å². The quantitative estimate of drug-likeness (QED) is 0.719. The highest BCUT2D eigenvalue weighted by molar-refractivity contribution is 7.10. The SMILES string of the molecule is COc1ccc2c(=O)oc(C(=O)N3CCc4sccc4C3)cc2c1. The molecule has 0 bridgehead atoms. The van der Waals surface area contributed by atoms with Crippen LogP contribution in [0.25, 0.3) is 10.8 Å². The second-order valence-electron chi connectivity index (χ2n) is 5.70. The molecule has 1 aliphatic rings. The normalized spacial score (nSPS) is 13.8. The molecule has 4 rings (SSSR count). The van der Waals surface area contributed by atoms with Crippen LogP contribution in [0.15, 0.2) is 44.9 Å². The Labute approximate surface area is 142 Å². The van der Waals surface area contributed by atoms with Crippen LogP contribution in [0, 0.1) is 0 Å². The van der Waals surface area contributed by atoms with Crippen molar-refractivity contribution in [3.63, 3.8) is 0 Å². The molecule has 0 unspecified atom stereocenters. The summed E-state index contributed by atoms with van der Waals surface area (Å²) in [7, 11) is 1.56. The lowest BCUT2D eigenvalue weighted by atomic mass is 10.1. The van der Waals surface area contributed by atoms with E-state index >= 15 is 0 Å². The third-order valence-electron chi connectivity index (χ3n) is 4.27. The van der Waals surface area contributed by atoms with Gasteiger partial charge in [-0.05, 0) is 53.1 Å². The van der Waals surface area contributed by atoms with Crippen molar-refractivity contribution in [1.82, 2.24) is 4.90 Å². The summed E-state index contributed by atoms with van der Waals surface area (Å²) in [5, 5.41) is 3.12. The molecule has 2 aromatic heterocycles. The van der Waals surface area contributed by atoms with E-state index in [0.29, 0.717) is 29.6 Å². The van der Waals surface area contributed by atoms with Crippen molar-refractivity contribution in [2.45, 2.75) is 13.0 Å². The predicted molar refractivity (Wildman–Crippen MR) is 91.8 cm³/mol. The van der Waals surface area contributed by atoms with Crippen LogP contribution in [0.4, 0.5) is 0 Å². The molecule has 0 fully saturated rings. The van der Waals surface area contributed by atoms with Crippen LogP contribution in [0.1, 0.15) is 21.0 Å². The third-order valence-corrected chi connectivity index (χ3v) is 5.30. The van der Waals surface area contributed by atoms with Gasteiger partial charge >= 0.3 is 5.63 Å². The molecule has 1 aromatic carbocycles. The Hall–Kier alpha value is -2.60. The Morgan fingerprint density at radius 1 is 1.29 bits per heavy atom. The maximum Gasteiger partial charge on any atom is 0.344 e. The van der Waals surface area contributed by atoms with Crippen molar-refractivity contribution in [2.75, 3.05) is 13.7 Å². The number of nitrogens with zero attached hydrogens (tertiary/aromatic N) is 1. The number of hydrogen-bond acceptors (Lipinski definition) is 5. The van der Waals surface area contributed by atoms with Gasteiger partial charge in [0.05, 0.1) is 12.5 Å². The van der Waals surface area contributed by atoms with Crippen molar-refractivity contribution in [3.05, 3.63) is 62.3 Å². The third kappa shape index (κ3) is 2.49. The molecule has 0 spiro atoms. The Kier molecular flexibility index (Phi) is 3.61. The van der Waals surface area contributed by atoms with E-state index in [0.717, 1.165) is 6.42 Å². The molecule has 5 nitrogen and oxygen atoms in total. The molecule has 3 heterocycles. The minimum Gasteiger partial charge on any atom is -0.497 e. The molecule has 1 amide bonds. The highest BCUT2D eigenvalue weighted by Crippen LogP contribution is 2.26. The second-order valence-corrected chi connectivity index (χ2v) is 6.70. The summed E-state index contributed by atoms with van der Waals surface area (Å²) >= 11 is 1.72. The van der Waals surface area contributed by atoms with Crippen LogP contribution in [0.3, 0.4) is 0 Å². The van der Waals surface area contributed by atoms with Gasteiger partial charge in [0, 0.05) is 18.0 Å². The fourth-order valence-electron chi connectivity index (χ4n) is 2.98. The number of carbonyl (C=O) groups excluding carboxylic acids is 1. The Morgan fingerprint density at radius 2 is 2.17 bits per heavy atom. The summed E-state index contributed by atoms with van der Waals surface area (Å²) in [6.07, 6.45) is 0.838. The summed E-state index contributed by atoms with van der Waals surface area (Å²) < 4.78 is 10.4. The zero-order chi connectivity index (χ0) is 16.7. The molecular formula is C18H15NO4S. The van der Waals surface area contributed by atoms with Crippen molar-refractivity contribution in [1.29, 1.82) is 0 Å². The maximum absolute atomic E-state index is 12.7. The van der Waals surface area contributed by atoms with Crippen molar-refractivity contribution in [3.8, 4) is 5.75 Å². The lowest BCUT2D eigenvalue weighted by Crippen LogP contribution is -2.35. The van der Waals surface area contributed by atoms with E-state index in [4.69, 9.17) is 9.15 Å². The minimum atomic E-state index is -0.508. The standard InChI is InChI=1S/C18H15NO4S/c1-22-13-2-3-14-12(8-13)9-15(23-18(14)21)17(20)19-6-4-16-11(10-19)5-7-24-16/h2-3,5,7-9H,4,6,10H2,1H3. The van der Waals surface area contributed by atoms with Gasteiger partial charge < -0.3 is 14.1 Å². The summed E-state index contributed by atoms with van der Waals surface area (Å²) in [4.78, 5) is 28.0. The van der Waals surface area contributed by atoms with Crippen LogP contribution in [-0.4, -0.2) is 24.5 Å². The van der Waals surface area contributed by atoms with E-state index in [1.54, 1.807) is 47.6 Å². The first-order valence-electron chi connectivity index (χ1n) is 7.62. The summed E-state index contributed by atoms with van der Waals surface area (Å²) in [5.74, 6) is 0.445. The van der Waals surface area contributed by atoms with Gasteiger partial charge in [-0.25, -0.2) is 4.79 Å². The second kappa shape index (κ2) is 5.79. The van der Waals surface area contributed by atoms with Crippen LogP contribution in [-0.2, 0) is 13.0 Å². The Bertz CT molecular complexity index is 988. The van der Waals surface area contributed by atoms with Gasteiger partial charge in [-0.2, -0.15) is 0 Å². The number of fused-ring (bicyclic) bond motifs is 2. The zero-order valence-corrected chi connectivity index (χ0v) is 13.9. The largest absolute Gasteiger partial charge is 0.497 e. The molecule has 0 saturated heterocycles. The average molecular weight is 341 g/mol. The smallest absolute Gasteiger partial charge is 0.344 e. The van der Waals surface area contributed by atoms with Crippen LogP contribution in [0.2, 0.25) is 0 Å². The first-order valence-corrected chi connectivity index (χ1v) is 8.50. The topological polar surface area (TPSA) is 59.8 Å². The van der Waals surface area contributed by atoms with Crippen LogP contribution >= 0.6 is 11.3 Å². The number of methoxy groups -OCH3 is 1. The summed E-state index contributed by atoms with van der Waals surface area (Å²) in [5.41, 5.74) is 0.663. The predicted octanol–water partition coefficient (Wildman–Crippen LogP) is 3.06. The molecule has 0 radical (unpaired) electrons. The zero-order valence-electron chi connectivity index (χ0n) is 13.1. The number of hydrogen-bond donors (Lipinski definition) is 0. The van der Waals surface area contributed by atoms with Crippen LogP contribution in [0.5, 0.6) is 5.75 Å². The van der Waals surface area contributed by atoms with Gasteiger partial charge in [-0.15, -0.1) is 11.3 Å². The number of amides is 1. The van der Waals surface area contributed by atoms with Crippen molar-refractivity contribution < 1.29 is 13.9 Å². The Balaban J connectivity index is 1.71. The number of benzene rings is 1. The molecule has 3 aromatic rings. The molecule has 0 atom stereocenters. The van der Waals surface area contributed by atoms with Gasteiger partial charge in [0.1, 0.15) is 5.75 Å². The van der Waals surface area contributed by atoms with E-state index in [2.05, 4.69) is 0 Å². The highest BCUT2D eigenvalue weighted by atomic mass is 32.1.